The molecule has 0 atom stereocenters. The molecule has 6 heteroatoms. The molecule has 0 radical (unpaired) electrons. The van der Waals surface area contributed by atoms with E-state index >= 15 is 0 Å². The Balaban J connectivity index is 2.14. The van der Waals surface area contributed by atoms with Crippen LogP contribution < -0.4 is 15.9 Å². The highest BCUT2D eigenvalue weighted by Gasteiger charge is 2.07. The second kappa shape index (κ2) is 5.71. The summed E-state index contributed by atoms with van der Waals surface area (Å²) >= 11 is 1.45. The van der Waals surface area contributed by atoms with Crippen LogP contribution in [-0.4, -0.2) is 12.2 Å². The van der Waals surface area contributed by atoms with Gasteiger partial charge in [-0.25, -0.2) is 0 Å². The van der Waals surface area contributed by atoms with Gasteiger partial charge in [-0.15, -0.1) is 11.8 Å². The molecule has 0 aliphatic heterocycles. The first-order chi connectivity index (χ1) is 9.10. The van der Waals surface area contributed by atoms with Crippen molar-refractivity contribution in [2.24, 2.45) is 0 Å². The first-order valence-electron chi connectivity index (χ1n) is 5.47. The molecule has 0 spiro atoms. The van der Waals surface area contributed by atoms with E-state index in [0.29, 0.717) is 22.9 Å². The molecule has 2 rings (SSSR count). The highest BCUT2D eigenvalue weighted by Crippen LogP contribution is 2.32. The molecule has 2 aromatic rings. The van der Waals surface area contributed by atoms with Gasteiger partial charge in [0.25, 0.3) is 0 Å². The summed E-state index contributed by atoms with van der Waals surface area (Å²) in [6, 6.07) is 6.62. The minimum absolute atomic E-state index is 0.390. The fourth-order valence-electron chi connectivity index (χ4n) is 1.47. The van der Waals surface area contributed by atoms with Crippen molar-refractivity contribution >= 4 is 17.4 Å². The minimum Gasteiger partial charge on any atom is -0.502 e. The van der Waals surface area contributed by atoms with Crippen LogP contribution in [0.25, 0.3) is 0 Å². The monoisotopic (exact) mass is 279 g/mol. The molecule has 1 heterocycles. The average Bonchev–Trinajstić information content (AvgIpc) is 2.41. The van der Waals surface area contributed by atoms with Crippen LogP contribution in [0.5, 0.6) is 11.5 Å². The summed E-state index contributed by atoms with van der Waals surface area (Å²) in [4.78, 5) is 12.2. The third-order valence-corrected chi connectivity index (χ3v) is 3.50. The van der Waals surface area contributed by atoms with Crippen LogP contribution in [0.3, 0.4) is 0 Å². The summed E-state index contributed by atoms with van der Waals surface area (Å²) in [5.74, 6) is 1.21. The number of hydrogen-bond acceptors (Lipinski definition) is 6. The van der Waals surface area contributed by atoms with Crippen molar-refractivity contribution in [3.8, 4) is 11.5 Å². The Morgan fingerprint density at radius 2 is 2.21 bits per heavy atom. The summed E-state index contributed by atoms with van der Waals surface area (Å²) < 4.78 is 10.3. The first kappa shape index (κ1) is 13.4. The molecular weight excluding hydrogens is 266 g/mol. The maximum atomic E-state index is 11.3. The Hall–Kier alpha value is -2.08. The molecule has 0 amide bonds. The lowest BCUT2D eigenvalue weighted by Gasteiger charge is -2.08. The molecule has 0 bridgehead atoms. The summed E-state index contributed by atoms with van der Waals surface area (Å²) in [5, 5.41) is 9.09. The van der Waals surface area contributed by atoms with Gasteiger partial charge in [-0.3, -0.25) is 4.79 Å². The Morgan fingerprint density at radius 1 is 1.42 bits per heavy atom. The van der Waals surface area contributed by atoms with Crippen LogP contribution >= 0.6 is 11.8 Å². The number of methoxy groups -OCH3 is 1. The molecule has 19 heavy (non-hydrogen) atoms. The van der Waals surface area contributed by atoms with Crippen molar-refractivity contribution in [3.63, 3.8) is 0 Å². The SMILES string of the molecule is COc1cc(N)ccc1SCc1cc(=O)c(O)co1. The van der Waals surface area contributed by atoms with E-state index in [1.54, 1.807) is 19.2 Å². The Bertz CT molecular complexity index is 639. The molecule has 1 aromatic heterocycles. The quantitative estimate of drug-likeness (QED) is 0.659. The van der Waals surface area contributed by atoms with Crippen LogP contribution in [0, 0.1) is 0 Å². The number of benzene rings is 1. The smallest absolute Gasteiger partial charge is 0.226 e. The maximum absolute atomic E-state index is 11.3. The van der Waals surface area contributed by atoms with Crippen molar-refractivity contribution in [1.29, 1.82) is 0 Å². The molecule has 0 aliphatic carbocycles. The standard InChI is InChI=1S/C13H13NO4S/c1-17-12-4-8(14)2-3-13(12)19-7-9-5-10(15)11(16)6-18-9/h2-6,16H,7,14H2,1H3. The van der Waals surface area contributed by atoms with Crippen LogP contribution in [0.4, 0.5) is 5.69 Å². The zero-order valence-corrected chi connectivity index (χ0v) is 11.1. The third kappa shape index (κ3) is 3.23. The number of nitrogen functional groups attached to an aromatic ring is 1. The largest absolute Gasteiger partial charge is 0.502 e. The summed E-state index contributed by atoms with van der Waals surface area (Å²) in [5.41, 5.74) is 5.84. The van der Waals surface area contributed by atoms with Crippen LogP contribution in [-0.2, 0) is 5.75 Å². The second-order valence-electron chi connectivity index (χ2n) is 3.79. The van der Waals surface area contributed by atoms with Crippen molar-refractivity contribution in [1.82, 2.24) is 0 Å². The number of anilines is 1. The van der Waals surface area contributed by atoms with Crippen LogP contribution in [0.15, 0.2) is 44.6 Å². The van der Waals surface area contributed by atoms with E-state index in [1.807, 2.05) is 6.07 Å². The molecular formula is C13H13NO4S. The molecule has 0 saturated carbocycles. The number of nitrogens with two attached hydrogens (primary N) is 1. The number of hydrogen-bond donors (Lipinski definition) is 2. The molecule has 0 aliphatic rings. The fourth-order valence-corrected chi connectivity index (χ4v) is 2.37. The van der Waals surface area contributed by atoms with Gasteiger partial charge in [0.15, 0.2) is 5.75 Å². The van der Waals surface area contributed by atoms with E-state index in [2.05, 4.69) is 0 Å². The normalized spacial score (nSPS) is 10.4. The molecule has 0 unspecified atom stereocenters. The number of thioether (sulfide) groups is 1. The van der Waals surface area contributed by atoms with Gasteiger partial charge in [0, 0.05) is 22.7 Å². The molecule has 0 saturated heterocycles. The lowest BCUT2D eigenvalue weighted by atomic mass is 10.3. The van der Waals surface area contributed by atoms with E-state index in [0.717, 1.165) is 11.2 Å². The van der Waals surface area contributed by atoms with Crippen molar-refractivity contribution in [2.45, 2.75) is 10.6 Å². The molecule has 0 fully saturated rings. The average molecular weight is 279 g/mol. The number of rotatable bonds is 4. The minimum atomic E-state index is -0.453. The zero-order valence-electron chi connectivity index (χ0n) is 10.3. The number of ether oxygens (including phenoxy) is 1. The topological polar surface area (TPSA) is 85.7 Å². The van der Waals surface area contributed by atoms with Crippen LogP contribution in [0.1, 0.15) is 5.76 Å². The summed E-state index contributed by atoms with van der Waals surface area (Å²) in [7, 11) is 1.57. The lowest BCUT2D eigenvalue weighted by molar-refractivity contribution is 0.405. The molecule has 3 N–H and O–H groups in total. The second-order valence-corrected chi connectivity index (χ2v) is 4.81. The maximum Gasteiger partial charge on any atom is 0.226 e. The summed E-state index contributed by atoms with van der Waals surface area (Å²) in [6.45, 7) is 0. The summed E-state index contributed by atoms with van der Waals surface area (Å²) in [6.07, 6.45) is 1.04. The van der Waals surface area contributed by atoms with Gasteiger partial charge >= 0.3 is 0 Å². The predicted octanol–water partition coefficient (Wildman–Crippen LogP) is 2.23. The fraction of sp³-hybridized carbons (Fsp3) is 0.154. The highest BCUT2D eigenvalue weighted by atomic mass is 32.2. The van der Waals surface area contributed by atoms with Gasteiger partial charge in [0.05, 0.1) is 12.9 Å². The van der Waals surface area contributed by atoms with E-state index < -0.39 is 5.43 Å². The van der Waals surface area contributed by atoms with E-state index in [1.165, 1.54) is 17.8 Å². The Labute approximate surface area is 114 Å². The van der Waals surface area contributed by atoms with E-state index in [4.69, 9.17) is 20.0 Å². The Kier molecular flexibility index (Phi) is 4.01. The molecule has 5 nitrogen and oxygen atoms in total. The molecule has 100 valence electrons. The Morgan fingerprint density at radius 3 is 2.89 bits per heavy atom. The van der Waals surface area contributed by atoms with Gasteiger partial charge in [-0.2, -0.15) is 0 Å². The van der Waals surface area contributed by atoms with Crippen LogP contribution in [0.2, 0.25) is 0 Å². The van der Waals surface area contributed by atoms with E-state index in [9.17, 15) is 4.79 Å². The highest BCUT2D eigenvalue weighted by molar-refractivity contribution is 7.98. The lowest BCUT2D eigenvalue weighted by Crippen LogP contribution is -1.99. The van der Waals surface area contributed by atoms with Gasteiger partial charge < -0.3 is 20.0 Å². The molecule has 1 aromatic carbocycles. The van der Waals surface area contributed by atoms with Gasteiger partial charge in [0.2, 0.25) is 5.43 Å². The third-order valence-electron chi connectivity index (χ3n) is 2.42. The van der Waals surface area contributed by atoms with Crippen molar-refractivity contribution in [3.05, 3.63) is 46.5 Å². The van der Waals surface area contributed by atoms with Gasteiger partial charge in [0.1, 0.15) is 17.8 Å². The predicted molar refractivity (Wildman–Crippen MR) is 73.6 cm³/mol. The van der Waals surface area contributed by atoms with E-state index in [-0.39, 0.29) is 5.75 Å². The number of aromatic hydroxyl groups is 1. The van der Waals surface area contributed by atoms with Gasteiger partial charge in [-0.05, 0) is 12.1 Å². The first-order valence-corrected chi connectivity index (χ1v) is 6.45. The van der Waals surface area contributed by atoms with Crippen molar-refractivity contribution in [2.75, 3.05) is 12.8 Å². The zero-order chi connectivity index (χ0) is 13.8. The van der Waals surface area contributed by atoms with Gasteiger partial charge in [-0.1, -0.05) is 0 Å². The van der Waals surface area contributed by atoms with Crippen molar-refractivity contribution < 1.29 is 14.3 Å².